The molecule has 0 spiro atoms. The molecule has 0 saturated carbocycles. The molecule has 1 aromatic carbocycles. The molecule has 0 aliphatic carbocycles. The van der Waals surface area contributed by atoms with E-state index in [1.807, 2.05) is 4.98 Å². The van der Waals surface area contributed by atoms with Gasteiger partial charge >= 0.3 is 18.5 Å². The van der Waals surface area contributed by atoms with Gasteiger partial charge in [0.25, 0.3) is 5.56 Å². The van der Waals surface area contributed by atoms with Crippen molar-refractivity contribution in [2.24, 2.45) is 11.7 Å². The molecule has 2 unspecified atom stereocenters. The first-order chi connectivity index (χ1) is 18.9. The number of piperidine rings is 1. The average Bonchev–Trinajstić information content (AvgIpc) is 2.86. The third kappa shape index (κ3) is 6.79. The van der Waals surface area contributed by atoms with Crippen LogP contribution in [-0.4, -0.2) is 33.4 Å². The minimum atomic E-state index is -5.11. The SMILES string of the molecule is NC(=O)C1CCN(c2ccc(C(F)(F)F)cn2)C(Cc2ccc(C(F)(F)F)c(-c3nc(C(F)(F)F)cc(=O)[nH]3)c2)C1. The van der Waals surface area contributed by atoms with Gasteiger partial charge < -0.3 is 15.6 Å². The molecular weight excluding hydrogens is 573 g/mol. The Labute approximate surface area is 225 Å². The lowest BCUT2D eigenvalue weighted by Gasteiger charge is -2.39. The number of nitrogens with zero attached hydrogens (tertiary/aromatic N) is 3. The van der Waals surface area contributed by atoms with Crippen LogP contribution in [0.3, 0.4) is 0 Å². The summed E-state index contributed by atoms with van der Waals surface area (Å²) in [6, 6.07) is 3.98. The summed E-state index contributed by atoms with van der Waals surface area (Å²) in [5.74, 6) is -2.14. The fraction of sp³-hybridized carbons (Fsp3) is 0.360. The molecule has 0 bridgehead atoms. The lowest BCUT2D eigenvalue weighted by atomic mass is 9.86. The second-order valence-corrected chi connectivity index (χ2v) is 9.43. The van der Waals surface area contributed by atoms with E-state index in [4.69, 9.17) is 5.73 Å². The molecule has 3 N–H and O–H groups in total. The quantitative estimate of drug-likeness (QED) is 0.396. The number of carbonyl (C=O) groups is 1. The first-order valence-electron chi connectivity index (χ1n) is 11.9. The van der Waals surface area contributed by atoms with Gasteiger partial charge in [-0.15, -0.1) is 0 Å². The van der Waals surface area contributed by atoms with Crippen LogP contribution in [0.15, 0.2) is 47.4 Å². The number of nitrogens with two attached hydrogens (primary N) is 1. The van der Waals surface area contributed by atoms with Crippen LogP contribution in [0.1, 0.15) is 35.2 Å². The highest BCUT2D eigenvalue weighted by molar-refractivity contribution is 5.77. The number of primary amides is 1. The van der Waals surface area contributed by atoms with Crippen LogP contribution in [0.4, 0.5) is 45.3 Å². The lowest BCUT2D eigenvalue weighted by molar-refractivity contribution is -0.141. The highest BCUT2D eigenvalue weighted by atomic mass is 19.4. The Morgan fingerprint density at radius 2 is 1.68 bits per heavy atom. The van der Waals surface area contributed by atoms with Crippen molar-refractivity contribution in [3.05, 3.63) is 75.3 Å². The molecule has 4 rings (SSSR count). The van der Waals surface area contributed by atoms with Crippen molar-refractivity contribution < 1.29 is 44.3 Å². The Bertz CT molecular complexity index is 1480. The first-order valence-corrected chi connectivity index (χ1v) is 11.9. The standard InChI is InChI=1S/C25H20F9N5O2/c26-23(27,28)14-2-4-19(36-11-14)39-6-5-13(21(35)41)9-15(39)7-12-1-3-17(24(29,30)31)16(8-12)22-37-18(25(32,33)34)10-20(40)38-22/h1-4,8,10-11,13,15H,5-7,9H2,(H2,35,41)(H,37,38,40). The Morgan fingerprint density at radius 1 is 0.976 bits per heavy atom. The number of aromatic nitrogens is 3. The van der Waals surface area contributed by atoms with Gasteiger partial charge in [-0.3, -0.25) is 9.59 Å². The van der Waals surface area contributed by atoms with Crippen LogP contribution in [0.25, 0.3) is 11.4 Å². The number of nitrogens with one attached hydrogen (secondary N) is 1. The number of rotatable bonds is 5. The summed E-state index contributed by atoms with van der Waals surface area (Å²) in [6.45, 7) is 0.132. The number of hydrogen-bond donors (Lipinski definition) is 2. The molecule has 7 nitrogen and oxygen atoms in total. The molecule has 2 aromatic heterocycles. The molecule has 3 aromatic rings. The van der Waals surface area contributed by atoms with E-state index in [1.165, 1.54) is 0 Å². The number of halogens is 9. The maximum Gasteiger partial charge on any atom is 0.433 e. The molecule has 1 saturated heterocycles. The van der Waals surface area contributed by atoms with Crippen molar-refractivity contribution in [3.8, 4) is 11.4 Å². The van der Waals surface area contributed by atoms with Gasteiger partial charge in [-0.2, -0.15) is 39.5 Å². The summed E-state index contributed by atoms with van der Waals surface area (Å²) < 4.78 is 120. The minimum absolute atomic E-state index is 0.0764. The van der Waals surface area contributed by atoms with Crippen LogP contribution in [0, 0.1) is 5.92 Å². The number of amides is 1. The van der Waals surface area contributed by atoms with E-state index in [2.05, 4.69) is 9.97 Å². The number of carbonyl (C=O) groups excluding carboxylic acids is 1. The zero-order valence-corrected chi connectivity index (χ0v) is 20.7. The summed E-state index contributed by atoms with van der Waals surface area (Å²) in [5, 5.41) is 0. The van der Waals surface area contributed by atoms with Gasteiger partial charge in [0.2, 0.25) is 5.91 Å². The smallest absolute Gasteiger partial charge is 0.369 e. The van der Waals surface area contributed by atoms with Gasteiger partial charge in [0.05, 0.1) is 11.1 Å². The van der Waals surface area contributed by atoms with E-state index in [0.29, 0.717) is 12.3 Å². The summed E-state index contributed by atoms with van der Waals surface area (Å²) in [4.78, 5) is 34.3. The molecule has 41 heavy (non-hydrogen) atoms. The number of anilines is 1. The zero-order valence-electron chi connectivity index (χ0n) is 20.7. The molecular formula is C25H20F9N5O2. The van der Waals surface area contributed by atoms with Gasteiger partial charge in [0.1, 0.15) is 11.6 Å². The number of hydrogen-bond acceptors (Lipinski definition) is 5. The van der Waals surface area contributed by atoms with Crippen molar-refractivity contribution in [3.63, 3.8) is 0 Å². The molecule has 220 valence electrons. The predicted octanol–water partition coefficient (Wildman–Crippen LogP) is 5.20. The van der Waals surface area contributed by atoms with Crippen LogP contribution < -0.4 is 16.2 Å². The molecule has 1 fully saturated rings. The third-order valence-corrected chi connectivity index (χ3v) is 6.64. The number of H-pyrrole nitrogens is 1. The summed E-state index contributed by atoms with van der Waals surface area (Å²) >= 11 is 0. The predicted molar refractivity (Wildman–Crippen MR) is 126 cm³/mol. The monoisotopic (exact) mass is 593 g/mol. The second kappa shape index (κ2) is 10.7. The normalized spacial score (nSPS) is 18.4. The molecule has 1 aliphatic heterocycles. The third-order valence-electron chi connectivity index (χ3n) is 6.64. The van der Waals surface area contributed by atoms with E-state index < -0.39 is 70.2 Å². The van der Waals surface area contributed by atoms with Crippen LogP contribution in [0.5, 0.6) is 0 Å². The highest BCUT2D eigenvalue weighted by Gasteiger charge is 2.38. The number of pyridine rings is 1. The molecule has 3 heterocycles. The Morgan fingerprint density at radius 3 is 2.24 bits per heavy atom. The molecule has 1 aliphatic rings. The van der Waals surface area contributed by atoms with Crippen molar-refractivity contribution in [2.75, 3.05) is 11.4 Å². The summed E-state index contributed by atoms with van der Waals surface area (Å²) in [5.41, 5.74) is -0.587. The molecule has 16 heteroatoms. The van der Waals surface area contributed by atoms with Gasteiger partial charge in [-0.05, 0) is 49.1 Å². The van der Waals surface area contributed by atoms with Gasteiger partial charge in [0, 0.05) is 36.3 Å². The van der Waals surface area contributed by atoms with Gasteiger partial charge in [-0.25, -0.2) is 9.97 Å². The van der Waals surface area contributed by atoms with Crippen molar-refractivity contribution in [1.29, 1.82) is 0 Å². The van der Waals surface area contributed by atoms with Crippen LogP contribution in [-0.2, 0) is 29.7 Å². The fourth-order valence-corrected chi connectivity index (χ4v) is 4.69. The molecule has 0 radical (unpaired) electrons. The van der Waals surface area contributed by atoms with Crippen LogP contribution in [0.2, 0.25) is 0 Å². The topological polar surface area (TPSA) is 105 Å². The Balaban J connectivity index is 1.76. The van der Waals surface area contributed by atoms with E-state index >= 15 is 0 Å². The second-order valence-electron chi connectivity index (χ2n) is 9.43. The lowest BCUT2D eigenvalue weighted by Crippen LogP contribution is -2.47. The highest BCUT2D eigenvalue weighted by Crippen LogP contribution is 2.38. The van der Waals surface area contributed by atoms with Crippen molar-refractivity contribution >= 4 is 11.7 Å². The molecule has 1 amide bonds. The molecule has 2 atom stereocenters. The maximum atomic E-state index is 13.8. The average molecular weight is 593 g/mol. The number of benzene rings is 1. The van der Waals surface area contributed by atoms with E-state index in [9.17, 15) is 49.1 Å². The minimum Gasteiger partial charge on any atom is -0.369 e. The van der Waals surface area contributed by atoms with Crippen molar-refractivity contribution in [2.45, 2.75) is 43.8 Å². The zero-order chi connectivity index (χ0) is 30.3. The van der Waals surface area contributed by atoms with E-state index in [-0.39, 0.29) is 43.3 Å². The first kappa shape index (κ1) is 29.9. The van der Waals surface area contributed by atoms with E-state index in [1.54, 1.807) is 4.90 Å². The Hall–Kier alpha value is -4.11. The van der Waals surface area contributed by atoms with Crippen LogP contribution >= 0.6 is 0 Å². The van der Waals surface area contributed by atoms with Gasteiger partial charge in [-0.1, -0.05) is 6.07 Å². The maximum absolute atomic E-state index is 13.8. The summed E-state index contributed by atoms with van der Waals surface area (Å²) in [7, 11) is 0. The summed E-state index contributed by atoms with van der Waals surface area (Å²) in [6.07, 6.45) is -13.9. The number of aromatic amines is 1. The van der Waals surface area contributed by atoms with Gasteiger partial charge in [0.15, 0.2) is 5.69 Å². The number of alkyl halides is 9. The van der Waals surface area contributed by atoms with Crippen molar-refractivity contribution in [1.82, 2.24) is 15.0 Å². The Kier molecular flexibility index (Phi) is 7.80. The fourth-order valence-electron chi connectivity index (χ4n) is 4.69. The van der Waals surface area contributed by atoms with E-state index in [0.717, 1.165) is 24.3 Å². The largest absolute Gasteiger partial charge is 0.433 e.